The molecule has 0 spiro atoms. The van der Waals surface area contributed by atoms with Crippen LogP contribution in [-0.2, 0) is 9.05 Å². The Morgan fingerprint density at radius 3 is 2.52 bits per heavy atom. The second-order valence-corrected chi connectivity index (χ2v) is 7.05. The van der Waals surface area contributed by atoms with Gasteiger partial charge in [0.15, 0.2) is 5.82 Å². The summed E-state index contributed by atoms with van der Waals surface area (Å²) in [5.74, 6) is -0.611. The Morgan fingerprint density at radius 1 is 1.24 bits per heavy atom. The van der Waals surface area contributed by atoms with Crippen molar-refractivity contribution in [2.45, 2.75) is 4.90 Å². The van der Waals surface area contributed by atoms with Crippen LogP contribution in [0.5, 0.6) is 0 Å². The molecule has 0 aliphatic carbocycles. The van der Waals surface area contributed by atoms with E-state index in [0.29, 0.717) is 5.52 Å². The molecule has 0 fully saturated rings. The van der Waals surface area contributed by atoms with E-state index >= 15 is 0 Å². The fourth-order valence-corrected chi connectivity index (χ4v) is 3.27. The summed E-state index contributed by atoms with van der Waals surface area (Å²) in [4.78, 5) is 10.5. The van der Waals surface area contributed by atoms with Crippen molar-refractivity contribution >= 4 is 42.2 Å². The van der Waals surface area contributed by atoms with Gasteiger partial charge >= 0.3 is 0 Å². The smallest absolute Gasteiger partial charge is 0.263 e. The lowest BCUT2D eigenvalue weighted by molar-refractivity contribution is 0.610. The lowest BCUT2D eigenvalue weighted by Gasteiger charge is -2.06. The van der Waals surface area contributed by atoms with Crippen molar-refractivity contribution in [1.29, 1.82) is 0 Å². The molecule has 0 bridgehead atoms. The molecular formula is C12H6Cl2FN3O2S. The third kappa shape index (κ3) is 2.37. The third-order valence-electron chi connectivity index (χ3n) is 2.88. The Hall–Kier alpha value is -1.70. The zero-order valence-corrected chi connectivity index (χ0v) is 12.5. The quantitative estimate of drug-likeness (QED) is 0.722. The van der Waals surface area contributed by atoms with Gasteiger partial charge in [0.1, 0.15) is 10.7 Å². The van der Waals surface area contributed by atoms with Gasteiger partial charge < -0.3 is 4.98 Å². The van der Waals surface area contributed by atoms with E-state index in [4.69, 9.17) is 22.3 Å². The zero-order valence-electron chi connectivity index (χ0n) is 10.1. The number of halogens is 3. The predicted molar refractivity (Wildman–Crippen MR) is 77.3 cm³/mol. The molecule has 9 heteroatoms. The average Bonchev–Trinajstić information content (AvgIpc) is 2.84. The van der Waals surface area contributed by atoms with Crippen LogP contribution in [-0.4, -0.2) is 23.4 Å². The van der Waals surface area contributed by atoms with Gasteiger partial charge in [0.05, 0.1) is 16.1 Å². The van der Waals surface area contributed by atoms with Crippen LogP contribution in [0, 0.1) is 5.82 Å². The largest absolute Gasteiger partial charge is 0.359 e. The number of aromatic amines is 1. The maximum absolute atomic E-state index is 14.0. The van der Waals surface area contributed by atoms with Gasteiger partial charge in [-0.1, -0.05) is 11.6 Å². The molecule has 0 atom stereocenters. The van der Waals surface area contributed by atoms with Gasteiger partial charge in [-0.15, -0.1) is 0 Å². The molecule has 0 aliphatic rings. The fraction of sp³-hybridized carbons (Fsp3) is 0. The van der Waals surface area contributed by atoms with Crippen LogP contribution in [0.2, 0.25) is 5.02 Å². The summed E-state index contributed by atoms with van der Waals surface area (Å²) in [6, 6.07) is 2.60. The van der Waals surface area contributed by atoms with Gasteiger partial charge in [0.25, 0.3) is 9.05 Å². The minimum atomic E-state index is -4.02. The van der Waals surface area contributed by atoms with E-state index in [1.54, 1.807) is 6.07 Å². The van der Waals surface area contributed by atoms with E-state index in [2.05, 4.69) is 15.0 Å². The van der Waals surface area contributed by atoms with Crippen LogP contribution < -0.4 is 0 Å². The highest BCUT2D eigenvalue weighted by molar-refractivity contribution is 8.14. The standard InChI is InChI=1S/C12H6Cl2FN3O2S/c13-10-7(15)4-6-8(21(14,19)20)5-18-11(6)9(10)12-16-2-1-3-17-12/h1-5,18H. The van der Waals surface area contributed by atoms with Crippen molar-refractivity contribution in [3.05, 3.63) is 41.6 Å². The van der Waals surface area contributed by atoms with E-state index in [1.807, 2.05) is 0 Å². The molecule has 21 heavy (non-hydrogen) atoms. The highest BCUT2D eigenvalue weighted by Crippen LogP contribution is 2.37. The lowest BCUT2D eigenvalue weighted by Crippen LogP contribution is -1.93. The average molecular weight is 346 g/mol. The topological polar surface area (TPSA) is 75.7 Å². The number of nitrogens with one attached hydrogen (secondary N) is 1. The summed E-state index contributed by atoms with van der Waals surface area (Å²) < 4.78 is 37.0. The van der Waals surface area contributed by atoms with Crippen LogP contribution in [0.25, 0.3) is 22.3 Å². The maximum Gasteiger partial charge on any atom is 0.263 e. The molecule has 3 rings (SSSR count). The molecule has 2 heterocycles. The molecule has 2 aromatic heterocycles. The van der Waals surface area contributed by atoms with Gasteiger partial charge in [-0.2, -0.15) is 0 Å². The van der Waals surface area contributed by atoms with E-state index in [9.17, 15) is 12.8 Å². The number of rotatable bonds is 2. The molecule has 0 radical (unpaired) electrons. The molecule has 5 nitrogen and oxygen atoms in total. The minimum absolute atomic E-state index is 0.0920. The number of hydrogen-bond donors (Lipinski definition) is 1. The molecule has 3 aromatic rings. The molecule has 1 aromatic carbocycles. The summed E-state index contributed by atoms with van der Waals surface area (Å²) in [6.45, 7) is 0. The van der Waals surface area contributed by atoms with Crippen molar-refractivity contribution in [2.24, 2.45) is 0 Å². The first-order valence-electron chi connectivity index (χ1n) is 5.60. The number of benzene rings is 1. The summed E-state index contributed by atoms with van der Waals surface area (Å²) in [7, 11) is 1.31. The highest BCUT2D eigenvalue weighted by Gasteiger charge is 2.23. The van der Waals surface area contributed by atoms with Crippen molar-refractivity contribution in [3.8, 4) is 11.4 Å². The SMILES string of the molecule is O=S(=O)(Cl)c1c[nH]c2c(-c3ncccn3)c(Cl)c(F)cc12. The molecular weight excluding hydrogens is 340 g/mol. The first kappa shape index (κ1) is 14.2. The van der Waals surface area contributed by atoms with Crippen LogP contribution in [0.1, 0.15) is 0 Å². The van der Waals surface area contributed by atoms with Gasteiger partial charge in [0.2, 0.25) is 0 Å². The van der Waals surface area contributed by atoms with Crippen molar-refractivity contribution in [2.75, 3.05) is 0 Å². The van der Waals surface area contributed by atoms with Crippen LogP contribution >= 0.6 is 22.3 Å². The minimum Gasteiger partial charge on any atom is -0.359 e. The van der Waals surface area contributed by atoms with Crippen molar-refractivity contribution < 1.29 is 12.8 Å². The Bertz CT molecular complexity index is 942. The third-order valence-corrected chi connectivity index (χ3v) is 4.62. The van der Waals surface area contributed by atoms with Gasteiger partial charge in [-0.25, -0.2) is 22.8 Å². The van der Waals surface area contributed by atoms with Crippen molar-refractivity contribution in [3.63, 3.8) is 0 Å². The van der Waals surface area contributed by atoms with E-state index in [-0.39, 0.29) is 26.7 Å². The molecule has 108 valence electrons. The molecule has 0 aliphatic heterocycles. The zero-order chi connectivity index (χ0) is 15.2. The molecule has 1 N–H and O–H groups in total. The van der Waals surface area contributed by atoms with E-state index in [1.165, 1.54) is 18.6 Å². The summed E-state index contributed by atoms with van der Waals surface area (Å²) in [5.41, 5.74) is 0.477. The Balaban J connectivity index is 2.45. The second kappa shape index (κ2) is 4.94. The fourth-order valence-electron chi connectivity index (χ4n) is 2.03. The molecule has 0 unspecified atom stereocenters. The second-order valence-electron chi connectivity index (χ2n) is 4.13. The summed E-state index contributed by atoms with van der Waals surface area (Å²) in [6.07, 6.45) is 4.12. The lowest BCUT2D eigenvalue weighted by atomic mass is 10.1. The van der Waals surface area contributed by atoms with Gasteiger partial charge in [-0.3, -0.25) is 0 Å². The van der Waals surface area contributed by atoms with Gasteiger partial charge in [0, 0.05) is 34.7 Å². The number of hydrogen-bond acceptors (Lipinski definition) is 4. The highest BCUT2D eigenvalue weighted by atomic mass is 35.7. The molecule has 0 amide bonds. The van der Waals surface area contributed by atoms with Crippen LogP contribution in [0.15, 0.2) is 35.6 Å². The Labute approximate surface area is 128 Å². The Morgan fingerprint density at radius 2 is 1.90 bits per heavy atom. The monoisotopic (exact) mass is 345 g/mol. The first-order chi connectivity index (χ1) is 9.89. The van der Waals surface area contributed by atoms with Crippen LogP contribution in [0.3, 0.4) is 0 Å². The number of aromatic nitrogens is 3. The van der Waals surface area contributed by atoms with E-state index < -0.39 is 14.9 Å². The summed E-state index contributed by atoms with van der Waals surface area (Å²) in [5, 5.41) is -0.108. The van der Waals surface area contributed by atoms with Crippen LogP contribution in [0.4, 0.5) is 4.39 Å². The predicted octanol–water partition coefficient (Wildman–Crippen LogP) is 3.34. The number of nitrogens with zero attached hydrogens (tertiary/aromatic N) is 2. The normalized spacial score (nSPS) is 12.0. The number of H-pyrrole nitrogens is 1. The van der Waals surface area contributed by atoms with E-state index in [0.717, 1.165) is 6.07 Å². The van der Waals surface area contributed by atoms with Crippen molar-refractivity contribution in [1.82, 2.24) is 15.0 Å². The molecule has 0 saturated carbocycles. The molecule has 0 saturated heterocycles. The maximum atomic E-state index is 14.0. The number of fused-ring (bicyclic) bond motifs is 1. The van der Waals surface area contributed by atoms with Gasteiger partial charge in [-0.05, 0) is 12.1 Å². The summed E-state index contributed by atoms with van der Waals surface area (Å²) >= 11 is 5.97. The Kier molecular flexibility index (Phi) is 3.35. The first-order valence-corrected chi connectivity index (χ1v) is 8.29.